The standard InChI is InChI=1S/C14H22/c1-6-13(2,3)14(4,5)12-10-8-7-9-11-12/h7-11H,6H2,1-5H3. The van der Waals surface area contributed by atoms with Crippen molar-refractivity contribution in [1.29, 1.82) is 0 Å². The van der Waals surface area contributed by atoms with Gasteiger partial charge >= 0.3 is 0 Å². The molecule has 0 spiro atoms. The normalized spacial score (nSPS) is 12.9. The molecule has 0 radical (unpaired) electrons. The molecule has 78 valence electrons. The van der Waals surface area contributed by atoms with Crippen LogP contribution >= 0.6 is 0 Å². The maximum atomic E-state index is 2.35. The van der Waals surface area contributed by atoms with Crippen LogP contribution < -0.4 is 0 Å². The molecular weight excluding hydrogens is 168 g/mol. The van der Waals surface area contributed by atoms with Crippen LogP contribution in [-0.2, 0) is 5.41 Å². The molecule has 0 heteroatoms. The lowest BCUT2D eigenvalue weighted by atomic mass is 9.63. The zero-order chi connectivity index (χ0) is 10.8. The van der Waals surface area contributed by atoms with Gasteiger partial charge in [0.05, 0.1) is 0 Å². The van der Waals surface area contributed by atoms with E-state index in [-0.39, 0.29) is 5.41 Å². The summed E-state index contributed by atoms with van der Waals surface area (Å²) in [6.07, 6.45) is 1.20. The van der Waals surface area contributed by atoms with Gasteiger partial charge in [-0.15, -0.1) is 0 Å². The van der Waals surface area contributed by atoms with E-state index in [1.54, 1.807) is 0 Å². The first-order valence-corrected chi connectivity index (χ1v) is 5.47. The largest absolute Gasteiger partial charge is 0.0648 e. The van der Waals surface area contributed by atoms with Crippen LogP contribution in [0.2, 0.25) is 0 Å². The molecule has 0 fully saturated rings. The third kappa shape index (κ3) is 1.84. The molecule has 0 unspecified atom stereocenters. The fraction of sp³-hybridized carbons (Fsp3) is 0.571. The van der Waals surface area contributed by atoms with E-state index in [0.717, 1.165) is 0 Å². The lowest BCUT2D eigenvalue weighted by molar-refractivity contribution is 0.189. The third-order valence-electron chi connectivity index (χ3n) is 4.07. The van der Waals surface area contributed by atoms with Gasteiger partial charge in [0.25, 0.3) is 0 Å². The Morgan fingerprint density at radius 2 is 1.43 bits per heavy atom. The first-order valence-electron chi connectivity index (χ1n) is 5.47. The van der Waals surface area contributed by atoms with Gasteiger partial charge in [0.15, 0.2) is 0 Å². The van der Waals surface area contributed by atoms with Crippen LogP contribution in [0.4, 0.5) is 0 Å². The molecule has 0 heterocycles. The number of benzene rings is 1. The van der Waals surface area contributed by atoms with Crippen LogP contribution in [0.25, 0.3) is 0 Å². The van der Waals surface area contributed by atoms with E-state index in [0.29, 0.717) is 5.41 Å². The molecule has 0 aliphatic rings. The van der Waals surface area contributed by atoms with Gasteiger partial charge in [0.2, 0.25) is 0 Å². The Morgan fingerprint density at radius 3 is 1.86 bits per heavy atom. The summed E-state index contributed by atoms with van der Waals surface area (Å²) in [7, 11) is 0. The molecule has 0 atom stereocenters. The smallest absolute Gasteiger partial charge is 0.00525 e. The van der Waals surface area contributed by atoms with Gasteiger partial charge in [-0.3, -0.25) is 0 Å². The molecule has 0 aliphatic heterocycles. The molecule has 1 aromatic rings. The van der Waals surface area contributed by atoms with E-state index in [9.17, 15) is 0 Å². The van der Waals surface area contributed by atoms with E-state index in [2.05, 4.69) is 65.0 Å². The summed E-state index contributed by atoms with van der Waals surface area (Å²) in [5.74, 6) is 0. The van der Waals surface area contributed by atoms with E-state index < -0.39 is 0 Å². The summed E-state index contributed by atoms with van der Waals surface area (Å²) >= 11 is 0. The Morgan fingerprint density at radius 1 is 0.929 bits per heavy atom. The molecule has 0 saturated carbocycles. The molecule has 0 bridgehead atoms. The second kappa shape index (κ2) is 3.76. The maximum Gasteiger partial charge on any atom is -0.00525 e. The van der Waals surface area contributed by atoms with E-state index in [1.165, 1.54) is 12.0 Å². The predicted octanol–water partition coefficient (Wildman–Crippen LogP) is 4.40. The molecule has 1 aromatic carbocycles. The van der Waals surface area contributed by atoms with Crippen LogP contribution in [-0.4, -0.2) is 0 Å². The summed E-state index contributed by atoms with van der Waals surface area (Å²) in [6.45, 7) is 11.6. The SMILES string of the molecule is CCC(C)(C)C(C)(C)c1ccccc1. The highest BCUT2D eigenvalue weighted by atomic mass is 14.4. The van der Waals surface area contributed by atoms with Crippen molar-refractivity contribution in [3.63, 3.8) is 0 Å². The average molecular weight is 190 g/mol. The molecule has 0 N–H and O–H groups in total. The minimum absolute atomic E-state index is 0.239. The Hall–Kier alpha value is -0.780. The molecular formula is C14H22. The topological polar surface area (TPSA) is 0 Å². The van der Waals surface area contributed by atoms with Gasteiger partial charge in [-0.1, -0.05) is 71.4 Å². The van der Waals surface area contributed by atoms with Gasteiger partial charge in [-0.05, 0) is 16.4 Å². The van der Waals surface area contributed by atoms with Gasteiger partial charge in [0.1, 0.15) is 0 Å². The van der Waals surface area contributed by atoms with Crippen molar-refractivity contribution in [2.75, 3.05) is 0 Å². The minimum atomic E-state index is 0.239. The molecule has 0 nitrogen and oxygen atoms in total. The average Bonchev–Trinajstić information content (AvgIpc) is 2.19. The van der Waals surface area contributed by atoms with Crippen molar-refractivity contribution in [1.82, 2.24) is 0 Å². The second-order valence-electron chi connectivity index (χ2n) is 5.23. The Balaban J connectivity index is 3.08. The number of rotatable bonds is 3. The van der Waals surface area contributed by atoms with Crippen LogP contribution in [0.5, 0.6) is 0 Å². The molecule has 0 amide bonds. The lowest BCUT2D eigenvalue weighted by Crippen LogP contribution is -2.35. The molecule has 0 aliphatic carbocycles. The van der Waals surface area contributed by atoms with Crippen molar-refractivity contribution < 1.29 is 0 Å². The highest BCUT2D eigenvalue weighted by Crippen LogP contribution is 2.43. The summed E-state index contributed by atoms with van der Waals surface area (Å²) in [6, 6.07) is 10.8. The zero-order valence-electron chi connectivity index (χ0n) is 10.1. The first kappa shape index (κ1) is 11.3. The van der Waals surface area contributed by atoms with E-state index in [1.807, 2.05) is 0 Å². The van der Waals surface area contributed by atoms with Crippen molar-refractivity contribution in [2.24, 2.45) is 5.41 Å². The summed E-state index contributed by atoms with van der Waals surface area (Å²) < 4.78 is 0. The quantitative estimate of drug-likeness (QED) is 0.662. The zero-order valence-corrected chi connectivity index (χ0v) is 10.1. The van der Waals surface area contributed by atoms with Crippen molar-refractivity contribution in [2.45, 2.75) is 46.5 Å². The van der Waals surface area contributed by atoms with Gasteiger partial charge in [0, 0.05) is 0 Å². The van der Waals surface area contributed by atoms with Gasteiger partial charge in [-0.2, -0.15) is 0 Å². The van der Waals surface area contributed by atoms with Crippen molar-refractivity contribution in [3.8, 4) is 0 Å². The lowest BCUT2D eigenvalue weighted by Gasteiger charge is -2.41. The van der Waals surface area contributed by atoms with Crippen LogP contribution in [0.3, 0.4) is 0 Å². The molecule has 1 rings (SSSR count). The van der Waals surface area contributed by atoms with Crippen molar-refractivity contribution >= 4 is 0 Å². The number of hydrogen-bond acceptors (Lipinski definition) is 0. The molecule has 14 heavy (non-hydrogen) atoms. The second-order valence-corrected chi connectivity index (χ2v) is 5.23. The van der Waals surface area contributed by atoms with E-state index >= 15 is 0 Å². The Bertz CT molecular complexity index is 280. The summed E-state index contributed by atoms with van der Waals surface area (Å²) in [5, 5.41) is 0. The Labute approximate surface area is 88.4 Å². The Kier molecular flexibility index (Phi) is 3.04. The minimum Gasteiger partial charge on any atom is -0.0648 e. The van der Waals surface area contributed by atoms with Crippen LogP contribution in [0.1, 0.15) is 46.6 Å². The van der Waals surface area contributed by atoms with Gasteiger partial charge in [-0.25, -0.2) is 0 Å². The maximum absolute atomic E-state index is 2.35. The monoisotopic (exact) mass is 190 g/mol. The van der Waals surface area contributed by atoms with Crippen LogP contribution in [0, 0.1) is 5.41 Å². The summed E-state index contributed by atoms with van der Waals surface area (Å²) in [4.78, 5) is 0. The first-order chi connectivity index (χ1) is 6.42. The molecule has 0 aromatic heterocycles. The summed E-state index contributed by atoms with van der Waals surface area (Å²) in [5.41, 5.74) is 2.02. The number of hydrogen-bond donors (Lipinski definition) is 0. The third-order valence-corrected chi connectivity index (χ3v) is 4.07. The highest BCUT2D eigenvalue weighted by Gasteiger charge is 2.36. The fourth-order valence-corrected chi connectivity index (χ4v) is 1.69. The fourth-order valence-electron chi connectivity index (χ4n) is 1.69. The molecule has 0 saturated heterocycles. The van der Waals surface area contributed by atoms with Crippen LogP contribution in [0.15, 0.2) is 30.3 Å². The van der Waals surface area contributed by atoms with Gasteiger partial charge < -0.3 is 0 Å². The predicted molar refractivity (Wildman–Crippen MR) is 63.5 cm³/mol. The highest BCUT2D eigenvalue weighted by molar-refractivity contribution is 5.25. The van der Waals surface area contributed by atoms with E-state index in [4.69, 9.17) is 0 Å². The van der Waals surface area contributed by atoms with Crippen molar-refractivity contribution in [3.05, 3.63) is 35.9 Å².